The lowest BCUT2D eigenvalue weighted by Crippen LogP contribution is -3.00. The van der Waals surface area contributed by atoms with Gasteiger partial charge >= 0.3 is 0 Å². The summed E-state index contributed by atoms with van der Waals surface area (Å²) in [5, 5.41) is 5.67. The van der Waals surface area contributed by atoms with Crippen LogP contribution in [-0.2, 0) is 28.2 Å². The summed E-state index contributed by atoms with van der Waals surface area (Å²) >= 11 is 0. The molecule has 0 aliphatic carbocycles. The van der Waals surface area contributed by atoms with Crippen LogP contribution in [0, 0.1) is 0 Å². The minimum Gasteiger partial charge on any atom is -1.00 e. The summed E-state index contributed by atoms with van der Waals surface area (Å²) in [6, 6.07) is 58.5. The molecule has 0 amide bonds. The summed E-state index contributed by atoms with van der Waals surface area (Å²) in [5.41, 5.74) is 38.2. The highest BCUT2D eigenvalue weighted by Gasteiger charge is 2.30. The molecule has 24 heterocycles. The van der Waals surface area contributed by atoms with Crippen molar-refractivity contribution < 1.29 is 114 Å². The molecular formula is C106H79I4N21. The molecule has 1 unspecified atom stereocenters. The Morgan fingerprint density at radius 2 is 0.565 bits per heavy atom. The average Bonchev–Trinajstić information content (AvgIpc) is 1.64. The number of nitrogens with zero attached hydrogens (tertiary/aromatic N) is 15. The van der Waals surface area contributed by atoms with Gasteiger partial charge in [0.1, 0.15) is 28.2 Å². The molecule has 0 aromatic carbocycles. The van der Waals surface area contributed by atoms with Crippen molar-refractivity contribution in [1.82, 2.24) is 65.1 Å². The molecule has 15 aromatic rings. The number of allylic oxidation sites excluding steroid dienone is 9. The first-order valence-electron chi connectivity index (χ1n) is 41.9. The van der Waals surface area contributed by atoms with Crippen LogP contribution >= 0.6 is 0 Å². The molecule has 131 heavy (non-hydrogen) atoms. The van der Waals surface area contributed by atoms with Gasteiger partial charge in [0.15, 0.2) is 49.6 Å². The number of pyridine rings is 9. The number of aryl methyl sites for hydroxylation is 4. The van der Waals surface area contributed by atoms with Gasteiger partial charge in [0.2, 0.25) is 0 Å². The third kappa shape index (κ3) is 17.3. The number of hydrogen-bond donors (Lipinski definition) is 6. The first-order chi connectivity index (χ1) is 62.5. The van der Waals surface area contributed by atoms with Gasteiger partial charge in [-0.25, -0.2) is 43.2 Å². The number of fused-ring (bicyclic) bond motifs is 22. The Morgan fingerprint density at radius 1 is 0.244 bits per heavy atom. The Balaban J connectivity index is 0.000000133. The number of H-pyrrole nitrogens is 5. The minimum absolute atomic E-state index is 0. The Hall–Kier alpha value is -14.4. The van der Waals surface area contributed by atoms with Gasteiger partial charge < -0.3 is 126 Å². The van der Waals surface area contributed by atoms with Crippen LogP contribution in [0.5, 0.6) is 0 Å². The van der Waals surface area contributed by atoms with Crippen molar-refractivity contribution in [3.63, 3.8) is 0 Å². The Kier molecular flexibility index (Phi) is 25.1. The van der Waals surface area contributed by atoms with Crippen molar-refractivity contribution >= 4 is 103 Å². The molecule has 636 valence electrons. The van der Waals surface area contributed by atoms with Crippen LogP contribution in [0.2, 0.25) is 0 Å². The van der Waals surface area contributed by atoms with Crippen molar-refractivity contribution in [2.75, 3.05) is 0 Å². The second-order valence-corrected chi connectivity index (χ2v) is 31.7. The monoisotopic (exact) mass is 2150 g/mol. The van der Waals surface area contributed by atoms with E-state index in [1.807, 2.05) is 169 Å². The van der Waals surface area contributed by atoms with Gasteiger partial charge in [0.05, 0.1) is 85.5 Å². The van der Waals surface area contributed by atoms with Crippen LogP contribution in [0.15, 0.2) is 385 Å². The van der Waals surface area contributed by atoms with Gasteiger partial charge in [0.25, 0.3) is 0 Å². The van der Waals surface area contributed by atoms with Crippen molar-refractivity contribution in [2.45, 2.75) is 6.04 Å². The number of nitrogens with one attached hydrogen (secondary N) is 6. The normalized spacial score (nSPS) is 16.5. The molecule has 0 saturated carbocycles. The molecule has 25 heteroatoms. The van der Waals surface area contributed by atoms with Crippen molar-refractivity contribution in [3.8, 4) is 44.5 Å². The van der Waals surface area contributed by atoms with E-state index in [1.165, 1.54) is 0 Å². The molecule has 24 bridgehead atoms. The van der Waals surface area contributed by atoms with E-state index < -0.39 is 0 Å². The van der Waals surface area contributed by atoms with Gasteiger partial charge in [-0.05, 0) is 250 Å². The van der Waals surface area contributed by atoms with Crippen LogP contribution in [-0.4, -0.2) is 88.7 Å². The van der Waals surface area contributed by atoms with E-state index in [0.29, 0.717) is 0 Å². The van der Waals surface area contributed by atoms with E-state index in [-0.39, 0.29) is 102 Å². The molecule has 0 fully saturated rings. The molecule has 6 N–H and O–H groups in total. The quantitative estimate of drug-likeness (QED) is 0.0919. The first kappa shape index (κ1) is 87.3. The fraction of sp³-hybridized carbons (Fsp3) is 0.0472. The number of aromatic nitrogens is 16. The zero-order valence-corrected chi connectivity index (χ0v) is 79.6. The van der Waals surface area contributed by atoms with E-state index in [0.717, 1.165) is 230 Å². The summed E-state index contributed by atoms with van der Waals surface area (Å²) < 4.78 is 8.20. The van der Waals surface area contributed by atoms with Gasteiger partial charge in [-0.15, -0.1) is 0 Å². The zero-order valence-electron chi connectivity index (χ0n) is 70.9. The van der Waals surface area contributed by atoms with Crippen molar-refractivity contribution in [3.05, 3.63) is 449 Å². The van der Waals surface area contributed by atoms with Crippen LogP contribution in [0.25, 0.3) is 124 Å². The highest BCUT2D eigenvalue weighted by atomic mass is 127. The molecule has 0 saturated heterocycles. The van der Waals surface area contributed by atoms with Crippen molar-refractivity contribution in [2.24, 2.45) is 48.2 Å². The van der Waals surface area contributed by atoms with Crippen LogP contribution < -0.4 is 130 Å². The SMILES string of the molecule is C1=C/C2=C(\c3ccncc3)c3ccc([nH]3)/C(c3ccncc3)=C3/C=CC(=N3)C3C=C/C(=C(\c4ccncc4)C1=N2)N3.C1=CC2=c3ccc([nH]3)=C(c3ccncc3)c3ccc([nH]3)C3=NC(=C(c4ccncc4)C1=N2)C=C3.C[n+]1ccc(-c2c3nc(c(-c4cc[n+](C)cc4)c4ccc([nH]4)c(-c4cc[n+](C)cc4)c4nc(c(-c5cc[n+](C)cc5)c5ccc2[nH]5)C=C4)C=C3)cc1.[I-].[I-].[I-].[I-]. The maximum atomic E-state index is 5.39. The summed E-state index contributed by atoms with van der Waals surface area (Å²) in [7, 11) is 8.14. The van der Waals surface area contributed by atoms with Crippen LogP contribution in [0.1, 0.15) is 73.4 Å². The smallest absolute Gasteiger partial charge is 0.169 e. The molecule has 0 radical (unpaired) electrons. The maximum absolute atomic E-state index is 5.39. The summed E-state index contributed by atoms with van der Waals surface area (Å²) in [6.07, 6.45) is 64.1. The number of hydrogen-bond acceptors (Lipinski definition) is 12. The fourth-order valence-electron chi connectivity index (χ4n) is 17.4. The third-order valence-corrected chi connectivity index (χ3v) is 23.6. The Bertz CT molecular complexity index is 7500. The third-order valence-electron chi connectivity index (χ3n) is 23.6. The van der Waals surface area contributed by atoms with E-state index in [4.69, 9.17) is 29.9 Å². The van der Waals surface area contributed by atoms with E-state index >= 15 is 0 Å². The predicted molar refractivity (Wildman–Crippen MR) is 500 cm³/mol. The van der Waals surface area contributed by atoms with E-state index in [2.05, 4.69) is 287 Å². The lowest BCUT2D eigenvalue weighted by molar-refractivity contribution is -0.671. The first-order valence-corrected chi connectivity index (χ1v) is 41.9. The molecule has 0 spiro atoms. The number of rotatable bonds is 9. The predicted octanol–water partition coefficient (Wildman–Crippen LogP) is 3.61. The zero-order chi connectivity index (χ0) is 85.0. The average molecular weight is 2150 g/mol. The molecule has 9 aliphatic rings. The molecule has 15 aromatic heterocycles. The highest BCUT2D eigenvalue weighted by Crippen LogP contribution is 2.42. The second kappa shape index (κ2) is 37.7. The maximum Gasteiger partial charge on any atom is 0.169 e. The number of halogens is 4. The van der Waals surface area contributed by atoms with Gasteiger partial charge in [-0.2, -0.15) is 0 Å². The summed E-state index contributed by atoms with van der Waals surface area (Å²) in [4.78, 5) is 70.8. The van der Waals surface area contributed by atoms with Gasteiger partial charge in [0, 0.05) is 211 Å². The summed E-state index contributed by atoms with van der Waals surface area (Å²) in [5.74, 6) is 0. The van der Waals surface area contributed by atoms with Gasteiger partial charge in [-0.3, -0.25) is 29.9 Å². The standard InChI is InChI=1S/C44H37N8.C34H23N7.C28H18N6.4HI/c1-49-21-13-29(14-22-49)41-33-5-7-35(45-33)42(30-15-23-50(2)24-16-30)37-9-11-39(47-37)44(32-19-27-52(4)28-20-32)40-12-10-38(48-40)43(36-8-6-34(41)46-36)31-17-25-51(3)26-18-31;1-3-26-32(21-9-15-35-16-10-21)28-5-7-30(40-28)34(23-13-19-37-20-14-23)31-8-6-29(41-31)33(22-11-17-36-18-12-22)27-4-2-25(39-27)24(1)38-26;1-5-23-27(17-9-13-29-14-10-17)24-7-3-21(33-24)22-4-8-26(34-22)28(18-11-15-30-16-12-18)25-6-2-20(32-25)19(1)31-23;;;;/h5-28H,1-4H3,(H,45,46,47,48);1-20,24,38,41H;1-16,31,33H;4*1H/q+3;;;;;;/p-3/b;32-26-,33-27-,34-30-;;;;;. The number of aliphatic imine (C=N–C) groups is 4. The fourth-order valence-corrected chi connectivity index (χ4v) is 17.4. The largest absolute Gasteiger partial charge is 1.00 e. The molecule has 1 atom stereocenters. The highest BCUT2D eigenvalue weighted by molar-refractivity contribution is 6.34. The van der Waals surface area contributed by atoms with Crippen LogP contribution in [0.4, 0.5) is 0 Å². The second-order valence-electron chi connectivity index (χ2n) is 31.7. The molecular weight excluding hydrogens is 2070 g/mol. The Labute approximate surface area is 822 Å². The molecule has 24 rings (SSSR count). The lowest BCUT2D eigenvalue weighted by Gasteiger charge is -2.15. The topological polar surface area (TPSA) is 246 Å². The summed E-state index contributed by atoms with van der Waals surface area (Å²) in [6.45, 7) is 0. The van der Waals surface area contributed by atoms with E-state index in [9.17, 15) is 0 Å². The molecule has 9 aliphatic heterocycles. The van der Waals surface area contributed by atoms with Gasteiger partial charge in [-0.1, -0.05) is 6.08 Å². The minimum atomic E-state index is -0.0630. The van der Waals surface area contributed by atoms with Crippen LogP contribution in [0.3, 0.4) is 0 Å². The molecule has 21 nitrogen and oxygen atoms in total. The van der Waals surface area contributed by atoms with E-state index in [1.54, 1.807) is 12.4 Å². The van der Waals surface area contributed by atoms with Crippen molar-refractivity contribution in [1.29, 1.82) is 0 Å². The lowest BCUT2D eigenvalue weighted by atomic mass is 10.00. The number of aromatic amines is 5. The Morgan fingerprint density at radius 3 is 1.00 bits per heavy atom.